The van der Waals surface area contributed by atoms with Gasteiger partial charge in [-0.15, -0.1) is 0 Å². The summed E-state index contributed by atoms with van der Waals surface area (Å²) in [6.07, 6.45) is 4.67. The Balaban J connectivity index is 1.54. The molecular weight excluding hydrogens is 354 g/mol. The van der Waals surface area contributed by atoms with Crippen LogP contribution in [0.5, 0.6) is 5.88 Å². The minimum atomic E-state index is -0.778. The average molecular weight is 379 g/mol. The molecule has 2 fully saturated rings. The van der Waals surface area contributed by atoms with E-state index in [1.54, 1.807) is 13.1 Å². The Morgan fingerprint density at radius 3 is 2.50 bits per heavy atom. The maximum absolute atomic E-state index is 12.8. The van der Waals surface area contributed by atoms with Gasteiger partial charge in [-0.05, 0) is 49.1 Å². The van der Waals surface area contributed by atoms with Crippen molar-refractivity contribution in [1.82, 2.24) is 15.6 Å². The Kier molecular flexibility index (Phi) is 5.28. The van der Waals surface area contributed by atoms with Gasteiger partial charge in [0.05, 0.1) is 6.61 Å². The molecule has 2 N–H and O–H groups in total. The van der Waals surface area contributed by atoms with Crippen molar-refractivity contribution < 1.29 is 14.3 Å². The molecular formula is C22H25N3O3. The highest BCUT2D eigenvalue weighted by Gasteiger charge is 2.30. The molecule has 1 unspecified atom stereocenters. The van der Waals surface area contributed by atoms with E-state index in [1.807, 2.05) is 36.4 Å². The van der Waals surface area contributed by atoms with Crippen LogP contribution in [0.15, 0.2) is 42.5 Å². The van der Waals surface area contributed by atoms with Crippen LogP contribution in [0.3, 0.4) is 0 Å². The molecule has 4 rings (SSSR count). The predicted octanol–water partition coefficient (Wildman–Crippen LogP) is 2.96. The van der Waals surface area contributed by atoms with Crippen molar-refractivity contribution in [3.63, 3.8) is 0 Å². The Labute approximate surface area is 164 Å². The van der Waals surface area contributed by atoms with E-state index in [-0.39, 0.29) is 11.6 Å². The number of benzene rings is 1. The zero-order valence-electron chi connectivity index (χ0n) is 16.0. The smallest absolute Gasteiger partial charge is 0.270 e. The third-order valence-corrected chi connectivity index (χ3v) is 5.21. The first-order valence-electron chi connectivity index (χ1n) is 9.87. The third kappa shape index (κ3) is 4.32. The number of aromatic nitrogens is 1. The molecule has 1 atom stereocenters. The summed E-state index contributed by atoms with van der Waals surface area (Å²) in [4.78, 5) is 29.6. The van der Waals surface area contributed by atoms with Crippen LogP contribution in [0, 0.1) is 5.92 Å². The van der Waals surface area contributed by atoms with Crippen LogP contribution in [0.25, 0.3) is 0 Å². The molecule has 0 spiro atoms. The van der Waals surface area contributed by atoms with Crippen LogP contribution in [0.4, 0.5) is 0 Å². The van der Waals surface area contributed by atoms with E-state index in [0.717, 1.165) is 24.0 Å². The summed E-state index contributed by atoms with van der Waals surface area (Å²) in [5.74, 6) is 0.998. The second-order valence-electron chi connectivity index (χ2n) is 7.55. The van der Waals surface area contributed by atoms with Crippen molar-refractivity contribution >= 4 is 11.8 Å². The highest BCUT2D eigenvalue weighted by atomic mass is 16.5. The van der Waals surface area contributed by atoms with Crippen molar-refractivity contribution in [3.05, 3.63) is 59.3 Å². The Morgan fingerprint density at radius 2 is 1.86 bits per heavy atom. The summed E-state index contributed by atoms with van der Waals surface area (Å²) in [6, 6.07) is 12.1. The summed E-state index contributed by atoms with van der Waals surface area (Å²) in [6.45, 7) is 0.655. The predicted molar refractivity (Wildman–Crippen MR) is 105 cm³/mol. The number of likely N-dealkylation sites (N-methyl/N-ethyl adjacent to an activating group) is 1. The lowest BCUT2D eigenvalue weighted by atomic mass is 10.1. The number of hydrogen-bond acceptors (Lipinski definition) is 4. The van der Waals surface area contributed by atoms with Crippen LogP contribution in [0.1, 0.15) is 59.3 Å². The van der Waals surface area contributed by atoms with Crippen LogP contribution < -0.4 is 15.4 Å². The molecule has 0 radical (unpaired) electrons. The number of pyridine rings is 1. The van der Waals surface area contributed by atoms with Crippen molar-refractivity contribution in [2.24, 2.45) is 5.92 Å². The lowest BCUT2D eigenvalue weighted by molar-refractivity contribution is -0.122. The summed E-state index contributed by atoms with van der Waals surface area (Å²) >= 11 is 0. The fraction of sp³-hybridized carbons (Fsp3) is 0.409. The van der Waals surface area contributed by atoms with Gasteiger partial charge in [-0.2, -0.15) is 0 Å². The van der Waals surface area contributed by atoms with E-state index in [4.69, 9.17) is 4.74 Å². The first-order valence-corrected chi connectivity index (χ1v) is 9.87. The number of nitrogens with zero attached hydrogens (tertiary/aromatic N) is 1. The maximum Gasteiger partial charge on any atom is 0.270 e. The quantitative estimate of drug-likeness (QED) is 0.739. The highest BCUT2D eigenvalue weighted by molar-refractivity contribution is 5.96. The number of nitrogens with one attached hydrogen (secondary N) is 2. The van der Waals surface area contributed by atoms with E-state index >= 15 is 0 Å². The highest BCUT2D eigenvalue weighted by Crippen LogP contribution is 2.44. The number of carbonyl (C=O) groups is 2. The van der Waals surface area contributed by atoms with E-state index in [2.05, 4.69) is 15.6 Å². The second kappa shape index (κ2) is 8.00. The monoisotopic (exact) mass is 379 g/mol. The first kappa shape index (κ1) is 18.5. The summed E-state index contributed by atoms with van der Waals surface area (Å²) < 4.78 is 5.94. The molecule has 1 aromatic carbocycles. The Hall–Kier alpha value is -2.89. The molecule has 6 heteroatoms. The number of amides is 2. The number of carbonyl (C=O) groups excluding carboxylic acids is 2. The molecule has 0 saturated heterocycles. The minimum absolute atomic E-state index is 0.264. The molecule has 2 aliphatic rings. The largest absolute Gasteiger partial charge is 0.477 e. The molecule has 0 aliphatic heterocycles. The van der Waals surface area contributed by atoms with E-state index in [9.17, 15) is 9.59 Å². The maximum atomic E-state index is 12.8. The van der Waals surface area contributed by atoms with Crippen molar-refractivity contribution in [1.29, 1.82) is 0 Å². The van der Waals surface area contributed by atoms with Crippen molar-refractivity contribution in [2.75, 3.05) is 13.7 Å². The summed E-state index contributed by atoms with van der Waals surface area (Å²) in [5, 5.41) is 5.41. The second-order valence-corrected chi connectivity index (χ2v) is 7.55. The Morgan fingerprint density at radius 1 is 1.11 bits per heavy atom. The van der Waals surface area contributed by atoms with Crippen LogP contribution >= 0.6 is 0 Å². The van der Waals surface area contributed by atoms with Gasteiger partial charge in [0.2, 0.25) is 11.8 Å². The van der Waals surface area contributed by atoms with Crippen molar-refractivity contribution in [2.45, 2.75) is 37.6 Å². The minimum Gasteiger partial charge on any atom is -0.477 e. The molecule has 28 heavy (non-hydrogen) atoms. The molecule has 2 aliphatic carbocycles. The fourth-order valence-corrected chi connectivity index (χ4v) is 3.17. The first-order chi connectivity index (χ1) is 13.7. The zero-order chi connectivity index (χ0) is 19.5. The average Bonchev–Trinajstić information content (AvgIpc) is 3.64. The van der Waals surface area contributed by atoms with Gasteiger partial charge < -0.3 is 15.4 Å². The molecule has 2 aromatic rings. The number of ether oxygens (including phenoxy) is 1. The molecule has 2 amide bonds. The van der Waals surface area contributed by atoms with Gasteiger partial charge >= 0.3 is 0 Å². The fourth-order valence-electron chi connectivity index (χ4n) is 3.17. The normalized spacial score (nSPS) is 16.9. The van der Waals surface area contributed by atoms with E-state index < -0.39 is 11.9 Å². The van der Waals surface area contributed by atoms with E-state index in [1.165, 1.54) is 12.8 Å². The van der Waals surface area contributed by atoms with Gasteiger partial charge in [0.15, 0.2) is 0 Å². The van der Waals surface area contributed by atoms with Crippen LogP contribution in [0.2, 0.25) is 0 Å². The van der Waals surface area contributed by atoms with E-state index in [0.29, 0.717) is 24.3 Å². The van der Waals surface area contributed by atoms with Crippen LogP contribution in [-0.4, -0.2) is 30.5 Å². The van der Waals surface area contributed by atoms with Gasteiger partial charge in [-0.25, -0.2) is 4.98 Å². The number of rotatable bonds is 8. The molecule has 1 aromatic heterocycles. The molecule has 146 valence electrons. The lowest BCUT2D eigenvalue weighted by Gasteiger charge is -2.18. The topological polar surface area (TPSA) is 80.3 Å². The summed E-state index contributed by atoms with van der Waals surface area (Å²) in [5.41, 5.74) is 2.07. The van der Waals surface area contributed by atoms with Crippen LogP contribution in [-0.2, 0) is 4.79 Å². The summed E-state index contributed by atoms with van der Waals surface area (Å²) in [7, 11) is 1.55. The molecule has 2 saturated carbocycles. The number of hydrogen-bond donors (Lipinski definition) is 2. The van der Waals surface area contributed by atoms with Gasteiger partial charge in [0.25, 0.3) is 5.91 Å². The van der Waals surface area contributed by atoms with Gasteiger partial charge in [0, 0.05) is 12.6 Å². The van der Waals surface area contributed by atoms with Gasteiger partial charge in [0.1, 0.15) is 11.7 Å². The van der Waals surface area contributed by atoms with Gasteiger partial charge in [-0.3, -0.25) is 9.59 Å². The molecule has 6 nitrogen and oxygen atoms in total. The van der Waals surface area contributed by atoms with Gasteiger partial charge in [-0.1, -0.05) is 36.4 Å². The Bertz CT molecular complexity index is 861. The lowest BCUT2D eigenvalue weighted by Crippen LogP contribution is -2.39. The zero-order valence-corrected chi connectivity index (χ0v) is 16.0. The molecule has 0 bridgehead atoms. The SMILES string of the molecule is CNC(=O)C(NC(=O)c1ccc(C2CC2)c(OCC2CC2)n1)c1ccccc1. The standard InChI is InChI=1S/C22H25N3O3/c1-23-21(27)19(16-5-3-2-4-6-16)25-20(26)18-12-11-17(15-9-10-15)22(24-18)28-13-14-7-8-14/h2-6,11-12,14-15,19H,7-10,13H2,1H3,(H,23,27)(H,25,26). The third-order valence-electron chi connectivity index (χ3n) is 5.21. The van der Waals surface area contributed by atoms with Crippen molar-refractivity contribution in [3.8, 4) is 5.88 Å². The molecule has 1 heterocycles.